The molecule has 158 valence electrons. The van der Waals surface area contributed by atoms with Gasteiger partial charge in [0.1, 0.15) is 5.69 Å². The number of hydrogen-bond acceptors (Lipinski definition) is 6. The normalized spacial score (nSPS) is 18.3. The maximum absolute atomic E-state index is 12.2. The van der Waals surface area contributed by atoms with E-state index in [2.05, 4.69) is 10.6 Å². The molecule has 0 bridgehead atoms. The highest BCUT2D eigenvalue weighted by Gasteiger charge is 2.25. The summed E-state index contributed by atoms with van der Waals surface area (Å²) in [5.41, 5.74) is 0.499. The molecular weight excluding hydrogens is 398 g/mol. The minimum absolute atomic E-state index is 0.0249. The largest absolute Gasteiger partial charge is 0.363 e. The van der Waals surface area contributed by atoms with Crippen LogP contribution in [0.4, 0.5) is 16.2 Å². The Hall–Kier alpha value is -2.39. The van der Waals surface area contributed by atoms with Gasteiger partial charge < -0.3 is 10.2 Å². The van der Waals surface area contributed by atoms with Crippen LogP contribution in [0.15, 0.2) is 18.2 Å². The average Bonchev–Trinajstić information content (AvgIpc) is 2.69. The number of amides is 3. The van der Waals surface area contributed by atoms with E-state index < -0.39 is 11.0 Å². The molecule has 10 heteroatoms. The van der Waals surface area contributed by atoms with Gasteiger partial charge in [0.2, 0.25) is 5.91 Å². The van der Waals surface area contributed by atoms with Crippen molar-refractivity contribution in [2.75, 3.05) is 37.6 Å². The third-order valence-electron chi connectivity index (χ3n) is 5.41. The quantitative estimate of drug-likeness (QED) is 0.556. The summed E-state index contributed by atoms with van der Waals surface area (Å²) in [7, 11) is 0. The molecule has 9 nitrogen and oxygen atoms in total. The van der Waals surface area contributed by atoms with Crippen LogP contribution in [0, 0.1) is 10.1 Å². The van der Waals surface area contributed by atoms with Crippen molar-refractivity contribution >= 4 is 34.9 Å². The van der Waals surface area contributed by atoms with Gasteiger partial charge in [-0.3, -0.25) is 25.1 Å². The molecule has 2 fully saturated rings. The highest BCUT2D eigenvalue weighted by atomic mass is 35.5. The maximum Gasteiger partial charge on any atom is 0.321 e. The van der Waals surface area contributed by atoms with Gasteiger partial charge in [-0.2, -0.15) is 0 Å². The van der Waals surface area contributed by atoms with Crippen LogP contribution in [0.1, 0.15) is 32.1 Å². The Labute approximate surface area is 174 Å². The predicted molar refractivity (Wildman–Crippen MR) is 110 cm³/mol. The average molecular weight is 424 g/mol. The molecule has 0 atom stereocenters. The molecule has 0 spiro atoms. The van der Waals surface area contributed by atoms with E-state index in [-0.39, 0.29) is 24.2 Å². The van der Waals surface area contributed by atoms with Crippen molar-refractivity contribution < 1.29 is 14.5 Å². The second-order valence-electron chi connectivity index (χ2n) is 7.51. The molecule has 1 aliphatic carbocycles. The van der Waals surface area contributed by atoms with Crippen molar-refractivity contribution in [3.63, 3.8) is 0 Å². The lowest BCUT2D eigenvalue weighted by Crippen LogP contribution is -2.52. The smallest absolute Gasteiger partial charge is 0.321 e. The van der Waals surface area contributed by atoms with Crippen LogP contribution in [-0.2, 0) is 4.79 Å². The van der Waals surface area contributed by atoms with E-state index in [0.717, 1.165) is 25.7 Å². The topological polar surface area (TPSA) is 108 Å². The summed E-state index contributed by atoms with van der Waals surface area (Å²) in [6, 6.07) is 4.35. The van der Waals surface area contributed by atoms with Crippen LogP contribution >= 0.6 is 11.6 Å². The highest BCUT2D eigenvalue weighted by molar-refractivity contribution is 6.30. The van der Waals surface area contributed by atoms with E-state index in [1.54, 1.807) is 12.1 Å². The summed E-state index contributed by atoms with van der Waals surface area (Å²) >= 11 is 5.87. The van der Waals surface area contributed by atoms with Crippen LogP contribution in [0.5, 0.6) is 0 Å². The van der Waals surface area contributed by atoms with Crippen molar-refractivity contribution in [1.82, 2.24) is 15.5 Å². The fourth-order valence-corrected chi connectivity index (χ4v) is 4.06. The number of halogens is 1. The first-order valence-corrected chi connectivity index (χ1v) is 10.3. The van der Waals surface area contributed by atoms with Gasteiger partial charge in [0.15, 0.2) is 0 Å². The molecule has 1 aromatic rings. The summed E-state index contributed by atoms with van der Waals surface area (Å²) in [5.74, 6) is -0.343. The number of anilines is 1. The summed E-state index contributed by atoms with van der Waals surface area (Å²) < 4.78 is 0. The lowest BCUT2D eigenvalue weighted by Gasteiger charge is -2.35. The number of carbonyl (C=O) groups excluding carboxylic acids is 2. The first kappa shape index (κ1) is 21.3. The van der Waals surface area contributed by atoms with Gasteiger partial charge in [-0.15, -0.1) is 0 Å². The zero-order valence-corrected chi connectivity index (χ0v) is 17.0. The van der Waals surface area contributed by atoms with Gasteiger partial charge in [-0.1, -0.05) is 30.9 Å². The Morgan fingerprint density at radius 3 is 2.48 bits per heavy atom. The van der Waals surface area contributed by atoms with Gasteiger partial charge >= 0.3 is 6.03 Å². The van der Waals surface area contributed by atoms with E-state index in [1.165, 1.54) is 12.5 Å². The zero-order chi connectivity index (χ0) is 20.8. The monoisotopic (exact) mass is 423 g/mol. The molecular formula is C19H26ClN5O4. The predicted octanol–water partition coefficient (Wildman–Crippen LogP) is 2.53. The Balaban J connectivity index is 1.45. The van der Waals surface area contributed by atoms with E-state index in [9.17, 15) is 19.7 Å². The fraction of sp³-hybridized carbons (Fsp3) is 0.579. The molecule has 2 N–H and O–H groups in total. The minimum atomic E-state index is -0.439. The van der Waals surface area contributed by atoms with Crippen LogP contribution in [-0.4, -0.2) is 60.5 Å². The molecule has 0 aromatic heterocycles. The molecule has 0 unspecified atom stereocenters. The molecule has 1 aliphatic heterocycles. The van der Waals surface area contributed by atoms with Crippen molar-refractivity contribution in [2.45, 2.75) is 38.1 Å². The number of benzene rings is 1. The molecule has 1 saturated heterocycles. The Morgan fingerprint density at radius 2 is 1.83 bits per heavy atom. The maximum atomic E-state index is 12.2. The summed E-state index contributed by atoms with van der Waals surface area (Å²) in [5, 5.41) is 16.9. The van der Waals surface area contributed by atoms with Gasteiger partial charge in [0.25, 0.3) is 5.69 Å². The van der Waals surface area contributed by atoms with Crippen molar-refractivity contribution in [1.29, 1.82) is 0 Å². The van der Waals surface area contributed by atoms with Crippen molar-refractivity contribution in [3.8, 4) is 0 Å². The summed E-state index contributed by atoms with van der Waals surface area (Å²) in [6.45, 7) is 2.34. The molecule has 1 aromatic carbocycles. The second-order valence-corrected chi connectivity index (χ2v) is 7.95. The second kappa shape index (κ2) is 9.89. The van der Waals surface area contributed by atoms with E-state index in [4.69, 9.17) is 11.6 Å². The molecule has 1 heterocycles. The SMILES string of the molecule is O=C(CN1CCN(c2ccc(Cl)cc2[N+](=O)[O-])CC1)NC(=O)NC1CCCCC1. The number of urea groups is 1. The first-order valence-electron chi connectivity index (χ1n) is 9.94. The first-order chi connectivity index (χ1) is 13.9. The van der Waals surface area contributed by atoms with E-state index in [1.807, 2.05) is 9.80 Å². The van der Waals surface area contributed by atoms with Gasteiger partial charge in [-0.25, -0.2) is 4.79 Å². The van der Waals surface area contributed by atoms with Crippen molar-refractivity contribution in [3.05, 3.63) is 33.3 Å². The Bertz CT molecular complexity index is 761. The van der Waals surface area contributed by atoms with E-state index in [0.29, 0.717) is 36.9 Å². The molecule has 29 heavy (non-hydrogen) atoms. The van der Waals surface area contributed by atoms with Gasteiger partial charge in [0.05, 0.1) is 11.5 Å². The number of nitro benzene ring substituents is 1. The molecule has 3 amide bonds. The number of imide groups is 1. The van der Waals surface area contributed by atoms with Crippen LogP contribution in [0.2, 0.25) is 5.02 Å². The fourth-order valence-electron chi connectivity index (χ4n) is 3.89. The molecule has 3 rings (SSSR count). The zero-order valence-electron chi connectivity index (χ0n) is 16.2. The van der Waals surface area contributed by atoms with E-state index >= 15 is 0 Å². The van der Waals surface area contributed by atoms with Gasteiger partial charge in [-0.05, 0) is 25.0 Å². The van der Waals surface area contributed by atoms with Crippen LogP contribution in [0.25, 0.3) is 0 Å². The van der Waals surface area contributed by atoms with Gasteiger partial charge in [0, 0.05) is 43.3 Å². The summed E-state index contributed by atoms with van der Waals surface area (Å²) in [6.07, 6.45) is 5.33. The number of piperazine rings is 1. The lowest BCUT2D eigenvalue weighted by molar-refractivity contribution is -0.384. The third kappa shape index (κ3) is 6.04. The number of nitrogens with one attached hydrogen (secondary N) is 2. The third-order valence-corrected chi connectivity index (χ3v) is 5.64. The number of nitro groups is 1. The highest BCUT2D eigenvalue weighted by Crippen LogP contribution is 2.31. The van der Waals surface area contributed by atoms with Crippen LogP contribution in [0.3, 0.4) is 0 Å². The number of nitrogens with zero attached hydrogens (tertiary/aromatic N) is 3. The number of carbonyl (C=O) groups is 2. The standard InChI is InChI=1S/C19H26ClN5O4/c20-14-6-7-16(17(12-14)25(28)29)24-10-8-23(9-11-24)13-18(26)22-19(27)21-15-4-2-1-3-5-15/h6-7,12,15H,1-5,8-11,13H2,(H2,21,22,26,27). The molecule has 2 aliphatic rings. The Kier molecular flexibility index (Phi) is 7.27. The Morgan fingerprint density at radius 1 is 1.14 bits per heavy atom. The number of rotatable bonds is 5. The number of hydrogen-bond donors (Lipinski definition) is 2. The summed E-state index contributed by atoms with van der Waals surface area (Å²) in [4.78, 5) is 38.8. The molecule has 0 radical (unpaired) electrons. The minimum Gasteiger partial charge on any atom is -0.363 e. The van der Waals surface area contributed by atoms with Crippen molar-refractivity contribution in [2.24, 2.45) is 0 Å². The van der Waals surface area contributed by atoms with Crippen LogP contribution < -0.4 is 15.5 Å². The molecule has 1 saturated carbocycles. The lowest BCUT2D eigenvalue weighted by atomic mass is 9.96.